The van der Waals surface area contributed by atoms with Gasteiger partial charge in [0.15, 0.2) is 0 Å². The molecule has 1 aliphatic heterocycles. The highest BCUT2D eigenvalue weighted by molar-refractivity contribution is 8.04. The first-order valence-corrected chi connectivity index (χ1v) is 10.4. The lowest BCUT2D eigenvalue weighted by atomic mass is 10.1. The predicted octanol–water partition coefficient (Wildman–Crippen LogP) is 5.52. The predicted molar refractivity (Wildman–Crippen MR) is 107 cm³/mol. The van der Waals surface area contributed by atoms with Gasteiger partial charge < -0.3 is 5.73 Å². The van der Waals surface area contributed by atoms with Gasteiger partial charge in [0, 0.05) is 20.9 Å². The van der Waals surface area contributed by atoms with Crippen LogP contribution in [0.2, 0.25) is 5.02 Å². The fraction of sp³-hybridized carbons (Fsp3) is 0.368. The molecule has 23 heavy (non-hydrogen) atoms. The quantitative estimate of drug-likeness (QED) is 0.755. The molecule has 2 N–H and O–H groups in total. The third kappa shape index (κ3) is 7.67. The number of aryl methyl sites for hydroxylation is 1. The fourth-order valence-electron chi connectivity index (χ4n) is 2.26. The third-order valence-electron chi connectivity index (χ3n) is 3.52. The van der Waals surface area contributed by atoms with Crippen LogP contribution < -0.4 is 5.73 Å². The topological polar surface area (TPSA) is 26.0 Å². The van der Waals surface area contributed by atoms with Crippen LogP contribution in [0.25, 0.3) is 0 Å². The lowest BCUT2D eigenvalue weighted by Crippen LogP contribution is -1.99. The number of benzene rings is 2. The lowest BCUT2D eigenvalue weighted by Gasteiger charge is -2.07. The van der Waals surface area contributed by atoms with Gasteiger partial charge in [-0.1, -0.05) is 41.9 Å². The Balaban J connectivity index is 0.000000174. The van der Waals surface area contributed by atoms with E-state index in [1.807, 2.05) is 30.0 Å². The van der Waals surface area contributed by atoms with E-state index < -0.39 is 0 Å². The van der Waals surface area contributed by atoms with Gasteiger partial charge in [-0.05, 0) is 61.4 Å². The van der Waals surface area contributed by atoms with E-state index in [-0.39, 0.29) is 0 Å². The minimum atomic E-state index is 0.787. The van der Waals surface area contributed by atoms with Crippen molar-refractivity contribution in [2.24, 2.45) is 5.73 Å². The van der Waals surface area contributed by atoms with E-state index in [0.29, 0.717) is 0 Å². The molecule has 1 aliphatic rings. The SMILES string of the molecule is Clc1ccc(SC2CCSC2)cc1.NCCCc1ccccc1. The Kier molecular flexibility index (Phi) is 8.98. The van der Waals surface area contributed by atoms with E-state index in [1.165, 1.54) is 28.4 Å². The Bertz CT molecular complexity index is 539. The second-order valence-electron chi connectivity index (χ2n) is 5.44. The average Bonchev–Trinajstić information content (AvgIpc) is 3.10. The Morgan fingerprint density at radius 3 is 2.43 bits per heavy atom. The van der Waals surface area contributed by atoms with Crippen molar-refractivity contribution in [1.82, 2.24) is 0 Å². The van der Waals surface area contributed by atoms with E-state index >= 15 is 0 Å². The molecular formula is C19H24ClNS2. The van der Waals surface area contributed by atoms with E-state index in [4.69, 9.17) is 17.3 Å². The third-order valence-corrected chi connectivity index (χ3v) is 6.42. The maximum atomic E-state index is 5.81. The first-order chi connectivity index (χ1) is 11.3. The van der Waals surface area contributed by atoms with Crippen molar-refractivity contribution in [3.63, 3.8) is 0 Å². The van der Waals surface area contributed by atoms with Crippen molar-refractivity contribution in [3.05, 3.63) is 65.2 Å². The molecule has 2 aromatic carbocycles. The molecule has 4 heteroatoms. The molecule has 1 heterocycles. The molecule has 0 spiro atoms. The Morgan fingerprint density at radius 1 is 1.09 bits per heavy atom. The highest BCUT2D eigenvalue weighted by Gasteiger charge is 2.16. The van der Waals surface area contributed by atoms with Crippen LogP contribution in [0, 0.1) is 0 Å². The largest absolute Gasteiger partial charge is 0.330 e. The van der Waals surface area contributed by atoms with Crippen LogP contribution in [0.1, 0.15) is 18.4 Å². The molecule has 124 valence electrons. The van der Waals surface area contributed by atoms with Crippen molar-refractivity contribution in [2.45, 2.75) is 29.4 Å². The molecule has 1 atom stereocenters. The molecule has 1 unspecified atom stereocenters. The lowest BCUT2D eigenvalue weighted by molar-refractivity contribution is 0.833. The summed E-state index contributed by atoms with van der Waals surface area (Å²) in [5.41, 5.74) is 6.76. The number of rotatable bonds is 5. The summed E-state index contributed by atoms with van der Waals surface area (Å²) >= 11 is 9.85. The van der Waals surface area contributed by atoms with Gasteiger partial charge in [0.25, 0.3) is 0 Å². The van der Waals surface area contributed by atoms with Crippen LogP contribution in [0.5, 0.6) is 0 Å². The minimum Gasteiger partial charge on any atom is -0.330 e. The molecule has 1 saturated heterocycles. The van der Waals surface area contributed by atoms with Crippen LogP contribution in [-0.2, 0) is 6.42 Å². The maximum absolute atomic E-state index is 5.81. The second kappa shape index (κ2) is 11.0. The van der Waals surface area contributed by atoms with Crippen LogP contribution in [0.4, 0.5) is 0 Å². The van der Waals surface area contributed by atoms with Crippen LogP contribution in [-0.4, -0.2) is 23.3 Å². The summed E-state index contributed by atoms with van der Waals surface area (Å²) in [6, 6.07) is 18.6. The molecule has 0 bridgehead atoms. The van der Waals surface area contributed by atoms with E-state index in [1.54, 1.807) is 0 Å². The minimum absolute atomic E-state index is 0.787. The number of halogens is 1. The van der Waals surface area contributed by atoms with Crippen molar-refractivity contribution in [1.29, 1.82) is 0 Å². The summed E-state index contributed by atoms with van der Waals surface area (Å²) in [7, 11) is 0. The first kappa shape index (κ1) is 18.7. The van der Waals surface area contributed by atoms with Gasteiger partial charge in [0.2, 0.25) is 0 Å². The summed E-state index contributed by atoms with van der Waals surface area (Å²) in [4.78, 5) is 1.34. The molecule has 0 aliphatic carbocycles. The van der Waals surface area contributed by atoms with Gasteiger partial charge in [-0.3, -0.25) is 0 Å². The Labute approximate surface area is 153 Å². The zero-order valence-corrected chi connectivity index (χ0v) is 15.7. The van der Waals surface area contributed by atoms with E-state index in [9.17, 15) is 0 Å². The molecule has 1 fully saturated rings. The summed E-state index contributed by atoms with van der Waals surface area (Å²) in [5, 5.41) is 1.64. The van der Waals surface area contributed by atoms with Gasteiger partial charge in [0.05, 0.1) is 0 Å². The molecule has 0 aromatic heterocycles. The van der Waals surface area contributed by atoms with Gasteiger partial charge in [-0.2, -0.15) is 11.8 Å². The number of nitrogens with two attached hydrogens (primary N) is 1. The number of hydrogen-bond donors (Lipinski definition) is 1. The van der Waals surface area contributed by atoms with Gasteiger partial charge in [-0.25, -0.2) is 0 Å². The first-order valence-electron chi connectivity index (χ1n) is 8.02. The van der Waals surface area contributed by atoms with Crippen molar-refractivity contribution < 1.29 is 0 Å². The summed E-state index contributed by atoms with van der Waals surface area (Å²) < 4.78 is 0. The molecule has 3 rings (SSSR count). The molecule has 1 nitrogen and oxygen atoms in total. The summed E-state index contributed by atoms with van der Waals surface area (Å²) in [5.74, 6) is 2.62. The van der Waals surface area contributed by atoms with Crippen molar-refractivity contribution in [3.8, 4) is 0 Å². The zero-order valence-electron chi connectivity index (χ0n) is 13.3. The van der Waals surface area contributed by atoms with Crippen LogP contribution in [0.15, 0.2) is 59.5 Å². The molecule has 2 aromatic rings. The standard InChI is InChI=1S/C10H11ClS2.C9H13N/c11-8-1-3-9(4-2-8)13-10-5-6-12-7-10;10-8-4-7-9-5-2-1-3-6-9/h1-4,10H,5-7H2;1-3,5-6H,4,7-8,10H2. The highest BCUT2D eigenvalue weighted by atomic mass is 35.5. The van der Waals surface area contributed by atoms with Gasteiger partial charge >= 0.3 is 0 Å². The molecule has 0 amide bonds. The maximum Gasteiger partial charge on any atom is 0.0406 e. The molecular weight excluding hydrogens is 342 g/mol. The number of thioether (sulfide) groups is 2. The summed E-state index contributed by atoms with van der Waals surface area (Å²) in [6.07, 6.45) is 3.54. The molecule has 0 saturated carbocycles. The second-order valence-corrected chi connectivity index (χ2v) is 8.40. The fourth-order valence-corrected chi connectivity index (χ4v) is 5.06. The number of hydrogen-bond acceptors (Lipinski definition) is 3. The smallest absolute Gasteiger partial charge is 0.0406 e. The van der Waals surface area contributed by atoms with Crippen LogP contribution in [0.3, 0.4) is 0 Å². The Morgan fingerprint density at radius 2 is 1.83 bits per heavy atom. The Hall–Kier alpha value is -0.610. The normalized spacial score (nSPS) is 16.7. The monoisotopic (exact) mass is 365 g/mol. The van der Waals surface area contributed by atoms with Gasteiger partial charge in [0.1, 0.15) is 0 Å². The van der Waals surface area contributed by atoms with Gasteiger partial charge in [-0.15, -0.1) is 11.8 Å². The summed E-state index contributed by atoms with van der Waals surface area (Å²) in [6.45, 7) is 0.787. The average molecular weight is 366 g/mol. The van der Waals surface area contributed by atoms with E-state index in [2.05, 4.69) is 48.2 Å². The molecule has 0 radical (unpaired) electrons. The highest BCUT2D eigenvalue weighted by Crippen LogP contribution is 2.33. The van der Waals surface area contributed by atoms with Crippen molar-refractivity contribution >= 4 is 35.1 Å². The zero-order chi connectivity index (χ0) is 16.3. The van der Waals surface area contributed by atoms with E-state index in [0.717, 1.165) is 29.7 Å². The van der Waals surface area contributed by atoms with Crippen LogP contribution >= 0.6 is 35.1 Å². The van der Waals surface area contributed by atoms with Crippen molar-refractivity contribution in [2.75, 3.05) is 18.1 Å².